The van der Waals surface area contributed by atoms with Crippen molar-refractivity contribution in [3.05, 3.63) is 35.6 Å². The number of thiazole rings is 1. The molecule has 0 aromatic carbocycles. The quantitative estimate of drug-likeness (QED) is 0.790. The maximum absolute atomic E-state index is 9.60. The monoisotopic (exact) mass is 388 g/mol. The van der Waals surface area contributed by atoms with Crippen LogP contribution in [0.4, 0.5) is 0 Å². The average Bonchev–Trinajstić information content (AvgIpc) is 3.36. The van der Waals surface area contributed by atoms with Crippen LogP contribution in [0.3, 0.4) is 0 Å². The van der Waals surface area contributed by atoms with Crippen molar-refractivity contribution in [3.8, 4) is 5.13 Å². The largest absolute Gasteiger partial charge is 0.396 e. The number of hydrogen-bond acceptors (Lipinski definition) is 5. The number of aliphatic hydroxyl groups excluding tert-OH is 1. The predicted octanol–water partition coefficient (Wildman–Crippen LogP) is 3.38. The van der Waals surface area contributed by atoms with Crippen molar-refractivity contribution in [2.75, 3.05) is 32.8 Å². The fraction of sp³-hybridized carbons (Fsp3) is 0.667. The highest BCUT2D eigenvalue weighted by Gasteiger charge is 2.29. The normalized spacial score (nSPS) is 23.1. The highest BCUT2D eigenvalue weighted by atomic mass is 32.1. The minimum absolute atomic E-state index is 0.287. The Hall–Kier alpha value is -1.21. The van der Waals surface area contributed by atoms with Gasteiger partial charge in [-0.25, -0.2) is 4.98 Å². The summed E-state index contributed by atoms with van der Waals surface area (Å²) < 4.78 is 2.21. The summed E-state index contributed by atoms with van der Waals surface area (Å²) in [7, 11) is 0. The highest BCUT2D eigenvalue weighted by molar-refractivity contribution is 7.12. The van der Waals surface area contributed by atoms with Crippen LogP contribution in [-0.4, -0.2) is 63.3 Å². The van der Waals surface area contributed by atoms with E-state index in [0.29, 0.717) is 6.04 Å². The summed E-state index contributed by atoms with van der Waals surface area (Å²) in [5.74, 6) is 0.869. The Bertz CT molecular complexity index is 680. The summed E-state index contributed by atoms with van der Waals surface area (Å²) >= 11 is 1.68. The lowest BCUT2D eigenvalue weighted by Crippen LogP contribution is -2.54. The van der Waals surface area contributed by atoms with E-state index in [4.69, 9.17) is 0 Å². The molecular weight excluding hydrogens is 356 g/mol. The summed E-state index contributed by atoms with van der Waals surface area (Å²) in [6.07, 6.45) is 11.9. The van der Waals surface area contributed by atoms with Gasteiger partial charge in [-0.3, -0.25) is 14.4 Å². The molecule has 0 radical (unpaired) electrons. The van der Waals surface area contributed by atoms with Crippen LogP contribution in [0.1, 0.15) is 44.2 Å². The van der Waals surface area contributed by atoms with Crippen molar-refractivity contribution in [2.24, 2.45) is 5.92 Å². The minimum atomic E-state index is 0.287. The first kappa shape index (κ1) is 19.1. The number of nitrogens with zero attached hydrogens (tertiary/aromatic N) is 4. The summed E-state index contributed by atoms with van der Waals surface area (Å²) in [6.45, 7) is 5.75. The molecule has 4 rings (SSSR count). The maximum Gasteiger partial charge on any atom is 0.193 e. The van der Waals surface area contributed by atoms with E-state index in [-0.39, 0.29) is 6.61 Å². The Kier molecular flexibility index (Phi) is 6.60. The Labute approximate surface area is 166 Å². The number of aliphatic hydroxyl groups is 1. The molecule has 3 heterocycles. The van der Waals surface area contributed by atoms with Gasteiger partial charge in [0.1, 0.15) is 0 Å². The van der Waals surface area contributed by atoms with E-state index in [9.17, 15) is 5.11 Å². The van der Waals surface area contributed by atoms with Crippen molar-refractivity contribution in [1.29, 1.82) is 0 Å². The number of hydrogen-bond donors (Lipinski definition) is 1. The van der Waals surface area contributed by atoms with Gasteiger partial charge in [0.2, 0.25) is 0 Å². The SMILES string of the molecule is OCC[C@H]1CN(Cc2cccn2-c2nccs2)CCN1CC1CCCCC1. The molecule has 1 aliphatic heterocycles. The molecule has 1 N–H and O–H groups in total. The van der Waals surface area contributed by atoms with Crippen LogP contribution in [0.5, 0.6) is 0 Å². The van der Waals surface area contributed by atoms with E-state index in [0.717, 1.165) is 43.6 Å². The van der Waals surface area contributed by atoms with Crippen LogP contribution in [0.15, 0.2) is 29.9 Å². The van der Waals surface area contributed by atoms with E-state index in [1.54, 1.807) is 11.3 Å². The summed E-state index contributed by atoms with van der Waals surface area (Å²) in [5.41, 5.74) is 1.30. The standard InChI is InChI=1S/C21H32N4OS/c26-13-8-19-16-23(11-12-24(19)15-18-5-2-1-3-6-18)17-20-7-4-10-25(20)21-22-9-14-27-21/h4,7,9-10,14,18-19,26H,1-3,5-6,8,11-13,15-17H2/t19-/m0/s1. The average molecular weight is 389 g/mol. The second-order valence-corrected chi connectivity index (χ2v) is 8.96. The molecule has 2 aromatic rings. The van der Waals surface area contributed by atoms with Crippen LogP contribution in [0, 0.1) is 5.92 Å². The molecule has 2 fully saturated rings. The van der Waals surface area contributed by atoms with E-state index in [1.165, 1.54) is 44.3 Å². The fourth-order valence-corrected chi connectivity index (χ4v) is 5.42. The third-order valence-corrected chi connectivity index (χ3v) is 6.98. The molecule has 1 atom stereocenters. The molecule has 0 spiro atoms. The Morgan fingerprint density at radius 3 is 2.85 bits per heavy atom. The lowest BCUT2D eigenvalue weighted by molar-refractivity contribution is 0.0393. The molecule has 6 heteroatoms. The van der Waals surface area contributed by atoms with Gasteiger partial charge in [-0.05, 0) is 37.3 Å². The van der Waals surface area contributed by atoms with Crippen molar-refractivity contribution >= 4 is 11.3 Å². The van der Waals surface area contributed by atoms with Gasteiger partial charge in [0.05, 0.1) is 0 Å². The van der Waals surface area contributed by atoms with E-state index < -0.39 is 0 Å². The molecule has 0 unspecified atom stereocenters. The van der Waals surface area contributed by atoms with Crippen molar-refractivity contribution in [1.82, 2.24) is 19.4 Å². The number of rotatable bonds is 7. The van der Waals surface area contributed by atoms with Gasteiger partial charge < -0.3 is 5.11 Å². The zero-order chi connectivity index (χ0) is 18.5. The van der Waals surface area contributed by atoms with Crippen molar-refractivity contribution in [2.45, 2.75) is 51.1 Å². The molecule has 0 bridgehead atoms. The van der Waals surface area contributed by atoms with Crippen LogP contribution < -0.4 is 0 Å². The molecule has 148 valence electrons. The minimum Gasteiger partial charge on any atom is -0.396 e. The predicted molar refractivity (Wildman–Crippen MR) is 110 cm³/mol. The number of piperazine rings is 1. The van der Waals surface area contributed by atoms with Gasteiger partial charge in [-0.1, -0.05) is 19.3 Å². The Balaban J connectivity index is 1.38. The van der Waals surface area contributed by atoms with Crippen molar-refractivity contribution in [3.63, 3.8) is 0 Å². The summed E-state index contributed by atoms with van der Waals surface area (Å²) in [4.78, 5) is 9.68. The third-order valence-electron chi connectivity index (χ3n) is 6.21. The number of aromatic nitrogens is 2. The molecule has 2 aliphatic rings. The molecule has 1 saturated carbocycles. The van der Waals surface area contributed by atoms with E-state index >= 15 is 0 Å². The highest BCUT2D eigenvalue weighted by Crippen LogP contribution is 2.27. The van der Waals surface area contributed by atoms with Gasteiger partial charge in [0.25, 0.3) is 0 Å². The molecule has 1 aliphatic carbocycles. The summed E-state index contributed by atoms with van der Waals surface area (Å²) in [6, 6.07) is 4.80. The van der Waals surface area contributed by atoms with Gasteiger partial charge in [-0.2, -0.15) is 0 Å². The lowest BCUT2D eigenvalue weighted by atomic mass is 9.88. The first-order valence-electron chi connectivity index (χ1n) is 10.5. The van der Waals surface area contributed by atoms with E-state index in [2.05, 4.69) is 37.7 Å². The summed E-state index contributed by atoms with van der Waals surface area (Å²) in [5, 5.41) is 12.7. The molecule has 1 saturated heterocycles. The maximum atomic E-state index is 9.60. The Morgan fingerprint density at radius 1 is 1.19 bits per heavy atom. The topological polar surface area (TPSA) is 44.5 Å². The second-order valence-electron chi connectivity index (χ2n) is 8.08. The molecule has 0 amide bonds. The van der Waals surface area contributed by atoms with Gasteiger partial charge in [0, 0.05) is 68.8 Å². The molecule has 5 nitrogen and oxygen atoms in total. The van der Waals surface area contributed by atoms with Crippen LogP contribution in [0.2, 0.25) is 0 Å². The van der Waals surface area contributed by atoms with Crippen LogP contribution in [-0.2, 0) is 6.54 Å². The Morgan fingerprint density at radius 2 is 2.07 bits per heavy atom. The van der Waals surface area contributed by atoms with Crippen molar-refractivity contribution < 1.29 is 5.11 Å². The zero-order valence-electron chi connectivity index (χ0n) is 16.2. The molecule has 2 aromatic heterocycles. The van der Waals surface area contributed by atoms with E-state index in [1.807, 2.05) is 11.6 Å². The first-order chi connectivity index (χ1) is 13.3. The van der Waals surface area contributed by atoms with Crippen LogP contribution in [0.25, 0.3) is 5.13 Å². The van der Waals surface area contributed by atoms with Gasteiger partial charge >= 0.3 is 0 Å². The second kappa shape index (κ2) is 9.32. The first-order valence-corrected chi connectivity index (χ1v) is 11.3. The molecular formula is C21H32N4OS. The van der Waals surface area contributed by atoms with Crippen LogP contribution >= 0.6 is 11.3 Å². The molecule has 27 heavy (non-hydrogen) atoms. The smallest absolute Gasteiger partial charge is 0.193 e. The zero-order valence-corrected chi connectivity index (χ0v) is 17.0. The van der Waals surface area contributed by atoms with Gasteiger partial charge in [-0.15, -0.1) is 11.3 Å². The third kappa shape index (κ3) is 4.80. The fourth-order valence-electron chi connectivity index (χ4n) is 4.76. The lowest BCUT2D eigenvalue weighted by Gasteiger charge is -2.43. The van der Waals surface area contributed by atoms with Gasteiger partial charge in [0.15, 0.2) is 5.13 Å².